The molecule has 33 heavy (non-hydrogen) atoms. The molecule has 5 rings (SSSR count). The predicted octanol–water partition coefficient (Wildman–Crippen LogP) is 4.46. The molecule has 0 bridgehead atoms. The average Bonchev–Trinajstić information content (AvgIpc) is 3.59. The second-order valence-electron chi connectivity index (χ2n) is 8.64. The van der Waals surface area contributed by atoms with Gasteiger partial charge >= 0.3 is 0 Å². The molecule has 168 valence electrons. The number of aryl methyl sites for hydroxylation is 1. The van der Waals surface area contributed by atoms with Crippen LogP contribution in [0.15, 0.2) is 65.6 Å². The lowest BCUT2D eigenvalue weighted by molar-refractivity contribution is -0.131. The monoisotopic (exact) mass is 458 g/mol. The molecule has 2 aromatic heterocycles. The molecule has 0 unspecified atom stereocenters. The zero-order valence-electron chi connectivity index (χ0n) is 18.9. The van der Waals surface area contributed by atoms with E-state index in [1.54, 1.807) is 35.6 Å². The summed E-state index contributed by atoms with van der Waals surface area (Å²) in [4.78, 5) is 20.6. The summed E-state index contributed by atoms with van der Waals surface area (Å²) >= 11 is 1.57. The largest absolute Gasteiger partial charge is 0.382 e. The first-order valence-corrected chi connectivity index (χ1v) is 11.6. The van der Waals surface area contributed by atoms with Crippen LogP contribution in [0.5, 0.6) is 0 Å². The van der Waals surface area contributed by atoms with E-state index in [-0.39, 0.29) is 5.91 Å². The van der Waals surface area contributed by atoms with Gasteiger partial charge in [-0.1, -0.05) is 30.3 Å². The SMILES string of the molecule is CN(C)C(=O)C1(c2cc(-c3ccc(NSc4ccccc4)cc3)c3c(N)nn(C)c3n2)CC1. The fourth-order valence-electron chi connectivity index (χ4n) is 4.21. The number of pyridine rings is 1. The van der Waals surface area contributed by atoms with E-state index >= 15 is 0 Å². The first-order valence-electron chi connectivity index (χ1n) is 10.8. The zero-order chi connectivity index (χ0) is 23.2. The second-order valence-corrected chi connectivity index (χ2v) is 9.52. The Morgan fingerprint density at radius 1 is 1.12 bits per heavy atom. The molecule has 1 aliphatic carbocycles. The standard InChI is InChI=1S/C25H26N6OS/c1-30(2)24(32)25(13-14-25)20-15-19(21-22(26)28-31(3)23(21)27-20)16-9-11-17(12-10-16)29-33-18-7-5-4-6-8-18/h4-12,15,29H,13-14H2,1-3H3,(H2,26,28). The van der Waals surface area contributed by atoms with Crippen LogP contribution >= 0.6 is 11.9 Å². The molecule has 2 aromatic carbocycles. The maximum absolute atomic E-state index is 13.0. The van der Waals surface area contributed by atoms with E-state index in [1.165, 1.54) is 0 Å². The number of anilines is 2. The molecular weight excluding hydrogens is 432 g/mol. The summed E-state index contributed by atoms with van der Waals surface area (Å²) < 4.78 is 5.07. The normalized spacial score (nSPS) is 14.3. The van der Waals surface area contributed by atoms with Gasteiger partial charge in [0.2, 0.25) is 5.91 Å². The van der Waals surface area contributed by atoms with Crippen molar-refractivity contribution >= 4 is 40.4 Å². The number of rotatable bonds is 6. The molecule has 2 heterocycles. The third kappa shape index (κ3) is 3.80. The number of nitrogens with one attached hydrogen (secondary N) is 1. The van der Waals surface area contributed by atoms with Crippen molar-refractivity contribution in [2.75, 3.05) is 24.6 Å². The van der Waals surface area contributed by atoms with E-state index in [9.17, 15) is 4.79 Å². The maximum Gasteiger partial charge on any atom is 0.234 e. The van der Waals surface area contributed by atoms with Crippen LogP contribution < -0.4 is 10.5 Å². The molecule has 1 saturated carbocycles. The number of nitrogens with two attached hydrogens (primary N) is 1. The molecule has 7 nitrogen and oxygen atoms in total. The molecule has 0 aliphatic heterocycles. The fourth-order valence-corrected chi connectivity index (χ4v) is 4.87. The molecule has 0 atom stereocenters. The molecule has 0 spiro atoms. The fraction of sp³-hybridized carbons (Fsp3) is 0.240. The summed E-state index contributed by atoms with van der Waals surface area (Å²) in [5.74, 6) is 0.528. The number of aromatic nitrogens is 3. The number of hydrogen-bond acceptors (Lipinski definition) is 6. The molecule has 4 aromatic rings. The highest BCUT2D eigenvalue weighted by atomic mass is 32.2. The van der Waals surface area contributed by atoms with E-state index in [0.717, 1.165) is 45.6 Å². The minimum atomic E-state index is -0.556. The Morgan fingerprint density at radius 2 is 1.82 bits per heavy atom. The number of benzene rings is 2. The summed E-state index contributed by atoms with van der Waals surface area (Å²) in [6, 6.07) is 20.4. The molecule has 0 saturated heterocycles. The van der Waals surface area contributed by atoms with Crippen LogP contribution in [-0.2, 0) is 17.3 Å². The summed E-state index contributed by atoms with van der Waals surface area (Å²) in [5.41, 5.74) is 10.2. The maximum atomic E-state index is 13.0. The van der Waals surface area contributed by atoms with Crippen LogP contribution in [-0.4, -0.2) is 39.7 Å². The predicted molar refractivity (Wildman–Crippen MR) is 134 cm³/mol. The number of nitrogens with zero attached hydrogens (tertiary/aromatic N) is 4. The lowest BCUT2D eigenvalue weighted by Gasteiger charge is -2.20. The minimum Gasteiger partial charge on any atom is -0.382 e. The van der Waals surface area contributed by atoms with Gasteiger partial charge in [-0.25, -0.2) is 9.67 Å². The summed E-state index contributed by atoms with van der Waals surface area (Å²) in [6.07, 6.45) is 1.60. The molecule has 0 radical (unpaired) electrons. The van der Waals surface area contributed by atoms with Crippen LogP contribution in [0.4, 0.5) is 11.5 Å². The zero-order valence-corrected chi connectivity index (χ0v) is 19.7. The highest BCUT2D eigenvalue weighted by molar-refractivity contribution is 8.00. The van der Waals surface area contributed by atoms with Gasteiger partial charge in [0.15, 0.2) is 11.5 Å². The van der Waals surface area contributed by atoms with Crippen molar-refractivity contribution in [2.45, 2.75) is 23.2 Å². The molecule has 1 fully saturated rings. The second kappa shape index (κ2) is 8.12. The van der Waals surface area contributed by atoms with Gasteiger partial charge in [-0.15, -0.1) is 0 Å². The van der Waals surface area contributed by atoms with Crippen LogP contribution in [0.25, 0.3) is 22.2 Å². The van der Waals surface area contributed by atoms with Gasteiger partial charge in [-0.3, -0.25) is 4.79 Å². The van der Waals surface area contributed by atoms with E-state index in [4.69, 9.17) is 10.7 Å². The Balaban J connectivity index is 1.53. The Labute approximate surface area is 197 Å². The van der Waals surface area contributed by atoms with Crippen molar-refractivity contribution in [2.24, 2.45) is 7.05 Å². The first kappa shape index (κ1) is 21.3. The van der Waals surface area contributed by atoms with E-state index in [2.05, 4.69) is 34.1 Å². The van der Waals surface area contributed by atoms with Crippen molar-refractivity contribution in [3.63, 3.8) is 0 Å². The van der Waals surface area contributed by atoms with Crippen molar-refractivity contribution in [3.8, 4) is 11.1 Å². The molecule has 1 aliphatic rings. The summed E-state index contributed by atoms with van der Waals surface area (Å²) in [7, 11) is 5.42. The smallest absolute Gasteiger partial charge is 0.234 e. The summed E-state index contributed by atoms with van der Waals surface area (Å²) in [5, 5.41) is 5.22. The van der Waals surface area contributed by atoms with Crippen molar-refractivity contribution in [3.05, 3.63) is 66.4 Å². The Morgan fingerprint density at radius 3 is 2.45 bits per heavy atom. The van der Waals surface area contributed by atoms with E-state index < -0.39 is 5.41 Å². The van der Waals surface area contributed by atoms with Crippen molar-refractivity contribution < 1.29 is 4.79 Å². The number of amides is 1. The lowest BCUT2D eigenvalue weighted by atomic mass is 9.94. The quantitative estimate of drug-likeness (QED) is 0.415. The lowest BCUT2D eigenvalue weighted by Crippen LogP contribution is -2.34. The number of carbonyl (C=O) groups is 1. The Kier molecular flexibility index (Phi) is 5.25. The van der Waals surface area contributed by atoms with E-state index in [0.29, 0.717) is 11.5 Å². The van der Waals surface area contributed by atoms with Crippen LogP contribution in [0.1, 0.15) is 18.5 Å². The average molecular weight is 459 g/mol. The molecular formula is C25H26N6OS. The van der Waals surface area contributed by atoms with Crippen molar-refractivity contribution in [1.82, 2.24) is 19.7 Å². The number of nitrogen functional groups attached to an aromatic ring is 1. The van der Waals surface area contributed by atoms with Gasteiger partial charge in [0.1, 0.15) is 0 Å². The van der Waals surface area contributed by atoms with Gasteiger partial charge in [0.25, 0.3) is 0 Å². The van der Waals surface area contributed by atoms with E-state index in [1.807, 2.05) is 43.4 Å². The topological polar surface area (TPSA) is 89.1 Å². The highest BCUT2D eigenvalue weighted by Gasteiger charge is 2.53. The summed E-state index contributed by atoms with van der Waals surface area (Å²) in [6.45, 7) is 0. The van der Waals surface area contributed by atoms with Crippen LogP contribution in [0.3, 0.4) is 0 Å². The van der Waals surface area contributed by atoms with Crippen LogP contribution in [0, 0.1) is 0 Å². The minimum absolute atomic E-state index is 0.0907. The third-order valence-corrected chi connectivity index (χ3v) is 6.95. The Hall–Kier alpha value is -3.52. The highest BCUT2D eigenvalue weighted by Crippen LogP contribution is 2.50. The Bertz CT molecular complexity index is 1330. The number of hydrogen-bond donors (Lipinski definition) is 2. The third-order valence-electron chi connectivity index (χ3n) is 6.10. The van der Waals surface area contributed by atoms with Gasteiger partial charge in [-0.05, 0) is 66.2 Å². The first-order chi connectivity index (χ1) is 15.9. The van der Waals surface area contributed by atoms with Crippen molar-refractivity contribution in [1.29, 1.82) is 0 Å². The van der Waals surface area contributed by atoms with Crippen LogP contribution in [0.2, 0.25) is 0 Å². The van der Waals surface area contributed by atoms with Gasteiger partial charge < -0.3 is 15.4 Å². The van der Waals surface area contributed by atoms with Gasteiger partial charge in [0.05, 0.1) is 16.5 Å². The van der Waals surface area contributed by atoms with Gasteiger partial charge in [-0.2, -0.15) is 5.10 Å². The molecule has 8 heteroatoms. The molecule has 3 N–H and O–H groups in total. The number of likely N-dealkylation sites (N-methyl/N-ethyl adjacent to an activating group) is 1. The number of fused-ring (bicyclic) bond motifs is 1. The number of carbonyl (C=O) groups excluding carboxylic acids is 1. The molecule has 1 amide bonds. The van der Waals surface area contributed by atoms with Gasteiger partial charge in [0, 0.05) is 31.7 Å².